The molecule has 1 aromatic heterocycles. The molecule has 0 radical (unpaired) electrons. The van der Waals surface area contributed by atoms with Gasteiger partial charge in [0.1, 0.15) is 5.82 Å². The number of hydrogen-bond acceptors (Lipinski definition) is 5. The fourth-order valence-corrected chi connectivity index (χ4v) is 1.57. The van der Waals surface area contributed by atoms with Crippen LogP contribution in [0.3, 0.4) is 0 Å². The zero-order chi connectivity index (χ0) is 10.6. The van der Waals surface area contributed by atoms with Gasteiger partial charge in [0, 0.05) is 11.5 Å². The maximum Gasteiger partial charge on any atom is 0.243 e. The summed E-state index contributed by atoms with van der Waals surface area (Å²) < 4.78 is 3.95. The molecule has 1 rings (SSSR count). The molecule has 14 heavy (non-hydrogen) atoms. The van der Waals surface area contributed by atoms with E-state index in [4.69, 9.17) is 5.73 Å². The molecular weight excluding hydrogens is 200 g/mol. The van der Waals surface area contributed by atoms with Crippen LogP contribution in [0.5, 0.6) is 0 Å². The van der Waals surface area contributed by atoms with Gasteiger partial charge < -0.3 is 5.73 Å². The molecule has 5 nitrogen and oxygen atoms in total. The topological polar surface area (TPSA) is 80.9 Å². The molecule has 0 spiro atoms. The molecule has 0 bridgehead atoms. The lowest BCUT2D eigenvalue weighted by Crippen LogP contribution is -2.35. The molecular formula is C8H14N4OS. The molecule has 0 aromatic carbocycles. The van der Waals surface area contributed by atoms with E-state index in [9.17, 15) is 4.79 Å². The van der Waals surface area contributed by atoms with Crippen molar-refractivity contribution >= 4 is 22.6 Å². The Labute approximate surface area is 86.9 Å². The van der Waals surface area contributed by atoms with E-state index in [2.05, 4.69) is 14.7 Å². The number of nitrogens with zero attached hydrogens (tertiary/aromatic N) is 2. The highest BCUT2D eigenvalue weighted by Gasteiger charge is 2.13. The number of carbonyl (C=O) groups excluding carboxylic acids is 1. The van der Waals surface area contributed by atoms with Gasteiger partial charge in [0.15, 0.2) is 0 Å². The number of nitrogens with two attached hydrogens (primary N) is 1. The average molecular weight is 214 g/mol. The van der Waals surface area contributed by atoms with Gasteiger partial charge in [-0.2, -0.15) is 4.37 Å². The first kappa shape index (κ1) is 11.1. The van der Waals surface area contributed by atoms with Crippen LogP contribution in [0.4, 0.5) is 5.13 Å². The molecule has 1 amide bonds. The Kier molecular flexibility index (Phi) is 3.97. The van der Waals surface area contributed by atoms with Crippen LogP contribution >= 0.6 is 11.5 Å². The second-order valence-corrected chi connectivity index (χ2v) is 3.78. The minimum atomic E-state index is -0.454. The van der Waals surface area contributed by atoms with Gasteiger partial charge in [-0.25, -0.2) is 4.98 Å². The Morgan fingerprint density at radius 1 is 1.71 bits per heavy atom. The molecule has 0 aliphatic heterocycles. The molecule has 0 aliphatic rings. The van der Waals surface area contributed by atoms with Crippen molar-refractivity contribution in [2.24, 2.45) is 5.73 Å². The highest BCUT2D eigenvalue weighted by molar-refractivity contribution is 7.09. The van der Waals surface area contributed by atoms with Gasteiger partial charge in [0.25, 0.3) is 0 Å². The van der Waals surface area contributed by atoms with Gasteiger partial charge >= 0.3 is 0 Å². The predicted molar refractivity (Wildman–Crippen MR) is 56.2 cm³/mol. The summed E-state index contributed by atoms with van der Waals surface area (Å²) in [4.78, 5) is 15.4. The van der Waals surface area contributed by atoms with Crippen LogP contribution in [0.25, 0.3) is 0 Å². The lowest BCUT2D eigenvalue weighted by atomic mass is 10.2. The summed E-state index contributed by atoms with van der Waals surface area (Å²) in [6, 6.07) is -0.454. The molecule has 0 fully saturated rings. The summed E-state index contributed by atoms with van der Waals surface area (Å²) in [5.74, 6) is 0.470. The van der Waals surface area contributed by atoms with E-state index >= 15 is 0 Å². The Balaban J connectivity index is 2.48. The summed E-state index contributed by atoms with van der Waals surface area (Å²) in [5, 5.41) is 3.14. The van der Waals surface area contributed by atoms with Crippen LogP contribution in [-0.2, 0) is 4.79 Å². The molecule has 6 heteroatoms. The monoisotopic (exact) mass is 214 g/mol. The van der Waals surface area contributed by atoms with Crippen molar-refractivity contribution in [1.82, 2.24) is 9.36 Å². The van der Waals surface area contributed by atoms with Gasteiger partial charge in [0.2, 0.25) is 11.0 Å². The van der Waals surface area contributed by atoms with Crippen LogP contribution in [0.1, 0.15) is 25.6 Å². The lowest BCUT2D eigenvalue weighted by molar-refractivity contribution is -0.117. The van der Waals surface area contributed by atoms with Crippen LogP contribution in [0, 0.1) is 6.92 Å². The maximum absolute atomic E-state index is 11.4. The molecule has 78 valence electrons. The number of nitrogens with one attached hydrogen (secondary N) is 1. The Morgan fingerprint density at radius 3 is 2.93 bits per heavy atom. The molecule has 0 aliphatic carbocycles. The summed E-state index contributed by atoms with van der Waals surface area (Å²) in [7, 11) is 0. The predicted octanol–water partition coefficient (Wildman–Crippen LogP) is 0.912. The molecule has 1 atom stereocenters. The van der Waals surface area contributed by atoms with Crippen molar-refractivity contribution < 1.29 is 4.79 Å². The first-order valence-electron chi connectivity index (χ1n) is 4.50. The summed E-state index contributed by atoms with van der Waals surface area (Å²) in [6.45, 7) is 3.76. The fraction of sp³-hybridized carbons (Fsp3) is 0.625. The standard InChI is InChI=1S/C8H14N4OS/c1-3-4-6(9)7(13)11-8-10-5(2)12-14-8/h6H,3-4,9H2,1-2H3,(H,10,11,12,13)/t6-/m1/s1. The molecule has 1 aromatic rings. The quantitative estimate of drug-likeness (QED) is 0.780. The van der Waals surface area contributed by atoms with Crippen molar-refractivity contribution in [3.8, 4) is 0 Å². The van der Waals surface area contributed by atoms with E-state index in [1.807, 2.05) is 6.92 Å². The Bertz CT molecular complexity index is 312. The van der Waals surface area contributed by atoms with Gasteiger partial charge in [0.05, 0.1) is 6.04 Å². The summed E-state index contributed by atoms with van der Waals surface area (Å²) in [5.41, 5.74) is 5.63. The van der Waals surface area contributed by atoms with Gasteiger partial charge in [-0.1, -0.05) is 13.3 Å². The van der Waals surface area contributed by atoms with Gasteiger partial charge in [-0.05, 0) is 13.3 Å². The van der Waals surface area contributed by atoms with E-state index in [1.54, 1.807) is 6.92 Å². The fourth-order valence-electron chi connectivity index (χ4n) is 0.988. The first-order chi connectivity index (χ1) is 6.63. The minimum absolute atomic E-state index is 0.192. The second kappa shape index (κ2) is 5.02. The van der Waals surface area contributed by atoms with Gasteiger partial charge in [-0.3, -0.25) is 10.1 Å². The maximum atomic E-state index is 11.4. The van der Waals surface area contributed by atoms with Crippen LogP contribution in [0.15, 0.2) is 0 Å². The van der Waals surface area contributed by atoms with E-state index < -0.39 is 6.04 Å². The average Bonchev–Trinajstić information content (AvgIpc) is 2.51. The lowest BCUT2D eigenvalue weighted by Gasteiger charge is -2.08. The number of amides is 1. The number of hydrogen-bond donors (Lipinski definition) is 2. The van der Waals surface area contributed by atoms with E-state index in [1.165, 1.54) is 0 Å². The zero-order valence-corrected chi connectivity index (χ0v) is 9.10. The van der Waals surface area contributed by atoms with Crippen LogP contribution < -0.4 is 11.1 Å². The van der Waals surface area contributed by atoms with Crippen LogP contribution in [0.2, 0.25) is 0 Å². The third-order valence-corrected chi connectivity index (χ3v) is 2.42. The largest absolute Gasteiger partial charge is 0.320 e. The summed E-state index contributed by atoms with van der Waals surface area (Å²) >= 11 is 1.16. The smallest absolute Gasteiger partial charge is 0.243 e. The summed E-state index contributed by atoms with van der Waals surface area (Å²) in [6.07, 6.45) is 1.58. The number of rotatable bonds is 4. The molecule has 3 N–H and O–H groups in total. The normalized spacial score (nSPS) is 12.5. The third kappa shape index (κ3) is 3.04. The molecule has 0 unspecified atom stereocenters. The number of anilines is 1. The third-order valence-electron chi connectivity index (χ3n) is 1.69. The van der Waals surface area contributed by atoms with E-state index in [0.717, 1.165) is 18.0 Å². The van der Waals surface area contributed by atoms with Crippen molar-refractivity contribution in [1.29, 1.82) is 0 Å². The highest BCUT2D eigenvalue weighted by atomic mass is 32.1. The minimum Gasteiger partial charge on any atom is -0.320 e. The highest BCUT2D eigenvalue weighted by Crippen LogP contribution is 2.10. The Hall–Kier alpha value is -1.01. The SMILES string of the molecule is CCC[C@@H](N)C(=O)Nc1nc(C)ns1. The van der Waals surface area contributed by atoms with Crippen molar-refractivity contribution in [3.63, 3.8) is 0 Å². The second-order valence-electron chi connectivity index (χ2n) is 3.03. The number of aryl methyl sites for hydroxylation is 1. The van der Waals surface area contributed by atoms with Crippen molar-refractivity contribution in [3.05, 3.63) is 5.82 Å². The van der Waals surface area contributed by atoms with Crippen molar-refractivity contribution in [2.75, 3.05) is 5.32 Å². The molecule has 0 saturated heterocycles. The zero-order valence-electron chi connectivity index (χ0n) is 8.28. The van der Waals surface area contributed by atoms with E-state index in [-0.39, 0.29) is 5.91 Å². The molecule has 1 heterocycles. The Morgan fingerprint density at radius 2 is 2.43 bits per heavy atom. The number of carbonyl (C=O) groups is 1. The van der Waals surface area contributed by atoms with Crippen molar-refractivity contribution in [2.45, 2.75) is 32.7 Å². The van der Waals surface area contributed by atoms with E-state index in [0.29, 0.717) is 17.4 Å². The molecule has 0 saturated carbocycles. The van der Waals surface area contributed by atoms with Gasteiger partial charge in [-0.15, -0.1) is 0 Å². The first-order valence-corrected chi connectivity index (χ1v) is 5.27. The van der Waals surface area contributed by atoms with Crippen LogP contribution in [-0.4, -0.2) is 21.3 Å². The number of aromatic nitrogens is 2.